The van der Waals surface area contributed by atoms with Crippen LogP contribution in [0.15, 0.2) is 91.0 Å². The van der Waals surface area contributed by atoms with Crippen LogP contribution in [0.5, 0.6) is 5.75 Å². The van der Waals surface area contributed by atoms with Gasteiger partial charge in [-0.1, -0.05) is 111 Å². The molecule has 220 valence electrons. The number of aromatic nitrogens is 2. The van der Waals surface area contributed by atoms with Gasteiger partial charge in [0.15, 0.2) is 11.0 Å². The van der Waals surface area contributed by atoms with Crippen molar-refractivity contribution in [1.82, 2.24) is 15.5 Å². The Bertz CT molecular complexity index is 1720. The molecule has 0 aliphatic carbocycles. The number of hydrogen-bond acceptors (Lipinski definition) is 5. The Balaban J connectivity index is 1.56. The van der Waals surface area contributed by atoms with E-state index in [1.807, 2.05) is 54.6 Å². The summed E-state index contributed by atoms with van der Waals surface area (Å²) in [6.45, 7) is 9.83. The van der Waals surface area contributed by atoms with Gasteiger partial charge in [-0.2, -0.15) is 0 Å². The van der Waals surface area contributed by atoms with E-state index in [0.29, 0.717) is 33.1 Å². The van der Waals surface area contributed by atoms with Crippen LogP contribution in [-0.2, 0) is 0 Å². The molecule has 6 rings (SSSR count). The van der Waals surface area contributed by atoms with Crippen LogP contribution in [0.3, 0.4) is 0 Å². The molecule has 1 aromatic heterocycles. The molecule has 1 aliphatic rings. The topological polar surface area (TPSA) is 50.3 Å². The summed E-state index contributed by atoms with van der Waals surface area (Å²) < 4.78 is 23.3. The van der Waals surface area contributed by atoms with Crippen molar-refractivity contribution in [3.05, 3.63) is 107 Å². The van der Waals surface area contributed by atoms with E-state index in [-0.39, 0.29) is 10.2 Å². The molecule has 1 fully saturated rings. The molecule has 5 nitrogen and oxygen atoms in total. The Labute approximate surface area is 262 Å². The molecule has 0 radical (unpaired) electrons. The minimum Gasteiger partial charge on any atom is -0.533 e. The van der Waals surface area contributed by atoms with E-state index in [1.165, 1.54) is 6.07 Å². The summed E-state index contributed by atoms with van der Waals surface area (Å²) in [5.41, 5.74) is 0.778. The molecule has 0 unspecified atom stereocenters. The smallest absolute Gasteiger partial charge is 0.319 e. The van der Waals surface area contributed by atoms with E-state index in [0.717, 1.165) is 41.9 Å². The van der Waals surface area contributed by atoms with Gasteiger partial charge in [-0.05, 0) is 39.7 Å². The predicted molar refractivity (Wildman–Crippen MR) is 178 cm³/mol. The SMILES string of the molecule is CC(C)(C)[Si](Oc1cccc(F)c1-c1cc2c(Cl)nnc(N3CCNCC3)c2cc1Cl)(c1ccccc1)c1ccccc1. The summed E-state index contributed by atoms with van der Waals surface area (Å²) in [6.07, 6.45) is 0. The largest absolute Gasteiger partial charge is 0.533 e. The number of benzene rings is 4. The molecular weight excluding hydrogens is 598 g/mol. The van der Waals surface area contributed by atoms with Crippen molar-refractivity contribution < 1.29 is 8.82 Å². The lowest BCUT2D eigenvalue weighted by molar-refractivity contribution is 0.504. The van der Waals surface area contributed by atoms with Crippen molar-refractivity contribution in [3.63, 3.8) is 0 Å². The van der Waals surface area contributed by atoms with E-state index in [9.17, 15) is 0 Å². The lowest BCUT2D eigenvalue weighted by atomic mass is 10.0. The highest BCUT2D eigenvalue weighted by Crippen LogP contribution is 2.45. The van der Waals surface area contributed by atoms with Crippen molar-refractivity contribution in [2.24, 2.45) is 0 Å². The van der Waals surface area contributed by atoms with Gasteiger partial charge in [0.05, 0.1) is 5.56 Å². The van der Waals surface area contributed by atoms with Crippen LogP contribution < -0.4 is 25.0 Å². The number of hydrogen-bond donors (Lipinski definition) is 1. The maximum atomic E-state index is 16.1. The number of piperazine rings is 1. The van der Waals surface area contributed by atoms with Crippen molar-refractivity contribution in [1.29, 1.82) is 0 Å². The minimum atomic E-state index is -3.06. The predicted octanol–water partition coefficient (Wildman–Crippen LogP) is 7.09. The number of nitrogens with zero attached hydrogens (tertiary/aromatic N) is 3. The Kier molecular flexibility index (Phi) is 8.18. The van der Waals surface area contributed by atoms with Crippen molar-refractivity contribution in [2.45, 2.75) is 25.8 Å². The second kappa shape index (κ2) is 11.9. The third-order valence-corrected chi connectivity index (χ3v) is 13.7. The fraction of sp³-hybridized carbons (Fsp3) is 0.235. The highest BCUT2D eigenvalue weighted by Gasteiger charge is 2.52. The first kappa shape index (κ1) is 29.6. The normalized spacial score (nSPS) is 14.2. The van der Waals surface area contributed by atoms with Gasteiger partial charge >= 0.3 is 8.32 Å². The van der Waals surface area contributed by atoms with Crippen LogP contribution in [0.25, 0.3) is 21.9 Å². The molecule has 4 aromatic carbocycles. The van der Waals surface area contributed by atoms with E-state index < -0.39 is 14.1 Å². The number of nitrogens with one attached hydrogen (secondary N) is 1. The molecule has 0 atom stereocenters. The first-order valence-corrected chi connectivity index (χ1v) is 17.1. The molecule has 1 aliphatic heterocycles. The van der Waals surface area contributed by atoms with Crippen LogP contribution in [0.2, 0.25) is 15.2 Å². The van der Waals surface area contributed by atoms with Gasteiger partial charge < -0.3 is 14.6 Å². The highest BCUT2D eigenvalue weighted by atomic mass is 35.5. The van der Waals surface area contributed by atoms with Crippen molar-refractivity contribution in [2.75, 3.05) is 31.1 Å². The average Bonchev–Trinajstić information content (AvgIpc) is 3.01. The fourth-order valence-electron chi connectivity index (χ4n) is 6.09. The Morgan fingerprint density at radius 3 is 2.05 bits per heavy atom. The van der Waals surface area contributed by atoms with E-state index in [1.54, 1.807) is 6.07 Å². The van der Waals surface area contributed by atoms with Crippen LogP contribution in [0.1, 0.15) is 20.8 Å². The number of halogens is 3. The van der Waals surface area contributed by atoms with Gasteiger partial charge in [0.2, 0.25) is 0 Å². The second-order valence-corrected chi connectivity index (χ2v) is 16.8. The van der Waals surface area contributed by atoms with Gasteiger partial charge in [-0.15, -0.1) is 10.2 Å². The average molecular weight is 632 g/mol. The minimum absolute atomic E-state index is 0.234. The molecule has 9 heteroatoms. The fourth-order valence-corrected chi connectivity index (χ4v) is 11.0. The Morgan fingerprint density at radius 2 is 1.44 bits per heavy atom. The zero-order valence-electron chi connectivity index (χ0n) is 24.4. The molecule has 0 spiro atoms. The zero-order chi connectivity index (χ0) is 30.2. The molecule has 0 saturated carbocycles. The summed E-state index contributed by atoms with van der Waals surface area (Å²) in [5, 5.41) is 15.9. The van der Waals surface area contributed by atoms with Gasteiger partial charge in [0.1, 0.15) is 11.6 Å². The summed E-state index contributed by atoms with van der Waals surface area (Å²) in [5.74, 6) is 0.708. The van der Waals surface area contributed by atoms with Crippen LogP contribution >= 0.6 is 23.2 Å². The molecule has 5 aromatic rings. The monoisotopic (exact) mass is 630 g/mol. The molecule has 1 N–H and O–H groups in total. The van der Waals surface area contributed by atoms with Crippen molar-refractivity contribution >= 4 is 58.5 Å². The lowest BCUT2D eigenvalue weighted by Gasteiger charge is -2.43. The molecule has 2 heterocycles. The summed E-state index contributed by atoms with van der Waals surface area (Å²) in [7, 11) is -3.06. The molecular formula is C34H33Cl2FN4OSi. The van der Waals surface area contributed by atoms with Crippen molar-refractivity contribution in [3.8, 4) is 16.9 Å². The first-order valence-electron chi connectivity index (χ1n) is 14.4. The number of fused-ring (bicyclic) bond motifs is 1. The molecule has 1 saturated heterocycles. The van der Waals surface area contributed by atoms with Gasteiger partial charge in [-0.25, -0.2) is 4.39 Å². The summed E-state index contributed by atoms with van der Waals surface area (Å²) in [6, 6.07) is 29.2. The van der Waals surface area contributed by atoms with Gasteiger partial charge in [0.25, 0.3) is 0 Å². The van der Waals surface area contributed by atoms with E-state index in [4.69, 9.17) is 27.6 Å². The number of anilines is 1. The first-order chi connectivity index (χ1) is 20.7. The molecule has 0 amide bonds. The Morgan fingerprint density at radius 1 is 0.814 bits per heavy atom. The van der Waals surface area contributed by atoms with E-state index in [2.05, 4.69) is 65.5 Å². The quantitative estimate of drug-likeness (QED) is 0.203. The second-order valence-electron chi connectivity index (χ2n) is 11.8. The third kappa shape index (κ3) is 5.40. The molecule has 43 heavy (non-hydrogen) atoms. The Hall–Kier alpha value is -3.49. The van der Waals surface area contributed by atoms with Crippen LogP contribution in [0, 0.1) is 5.82 Å². The summed E-state index contributed by atoms with van der Waals surface area (Å²) in [4.78, 5) is 2.17. The standard InChI is InChI=1S/C34H33Cl2FN4OSi/c1-34(2,3)43(23-11-6-4-7-12-23,24-13-8-5-9-14-24)42-30-16-10-15-29(37)31(30)27-21-25-26(22-28(27)35)33(40-39-32(25)36)41-19-17-38-18-20-41/h4-16,21-22,38H,17-20H2,1-3H3. The van der Waals surface area contributed by atoms with Gasteiger partial charge in [0, 0.05) is 47.5 Å². The van der Waals surface area contributed by atoms with E-state index >= 15 is 4.39 Å². The highest BCUT2D eigenvalue weighted by molar-refractivity contribution is 7.00. The third-order valence-electron chi connectivity index (χ3n) is 8.14. The maximum absolute atomic E-state index is 16.1. The summed E-state index contributed by atoms with van der Waals surface area (Å²) >= 11 is 13.6. The molecule has 0 bridgehead atoms. The maximum Gasteiger partial charge on any atom is 0.319 e. The van der Waals surface area contributed by atoms with Crippen LogP contribution in [-0.4, -0.2) is 44.7 Å². The zero-order valence-corrected chi connectivity index (χ0v) is 26.9. The number of rotatable bonds is 6. The van der Waals surface area contributed by atoms with Crippen LogP contribution in [0.4, 0.5) is 10.2 Å². The lowest BCUT2D eigenvalue weighted by Crippen LogP contribution is -2.68. The van der Waals surface area contributed by atoms with Gasteiger partial charge in [-0.3, -0.25) is 0 Å².